The Morgan fingerprint density at radius 1 is 1.33 bits per heavy atom. The van der Waals surface area contributed by atoms with E-state index in [1.165, 1.54) is 29.4 Å². The Hall–Kier alpha value is -2.78. The van der Waals surface area contributed by atoms with Crippen molar-refractivity contribution in [2.45, 2.75) is 18.6 Å². The van der Waals surface area contributed by atoms with Gasteiger partial charge < -0.3 is 20.7 Å². The van der Waals surface area contributed by atoms with Crippen LogP contribution < -0.4 is 15.8 Å². The van der Waals surface area contributed by atoms with Crippen LogP contribution in [-0.2, 0) is 0 Å². The van der Waals surface area contributed by atoms with Crippen LogP contribution in [0.1, 0.15) is 22.6 Å². The summed E-state index contributed by atoms with van der Waals surface area (Å²) < 4.78 is 33.2. The topological polar surface area (TPSA) is 93.4 Å². The first-order chi connectivity index (χ1) is 14.4. The van der Waals surface area contributed by atoms with E-state index >= 15 is 0 Å². The van der Waals surface area contributed by atoms with Crippen LogP contribution in [0.5, 0.6) is 5.75 Å². The molecule has 2 unspecified atom stereocenters. The molecule has 158 valence electrons. The molecule has 1 aromatic carbocycles. The predicted molar refractivity (Wildman–Crippen MR) is 107 cm³/mol. The van der Waals surface area contributed by atoms with Crippen LogP contribution >= 0.6 is 11.6 Å². The minimum absolute atomic E-state index is 0.00481. The molecule has 2 atom stereocenters. The Balaban J connectivity index is 1.50. The number of nitrogens with zero attached hydrogens (tertiary/aromatic N) is 3. The highest BCUT2D eigenvalue weighted by atomic mass is 35.5. The third-order valence-electron chi connectivity index (χ3n) is 5.13. The van der Waals surface area contributed by atoms with Gasteiger partial charge in [-0.15, -0.1) is 0 Å². The molecule has 1 saturated heterocycles. The second-order valence-electron chi connectivity index (χ2n) is 7.21. The molecular formula is C20H20ClF2N5O2. The number of aromatic nitrogens is 2. The minimum atomic E-state index is -1.04. The van der Waals surface area contributed by atoms with Gasteiger partial charge in [-0.3, -0.25) is 4.79 Å². The lowest BCUT2D eigenvalue weighted by atomic mass is 10.1. The molecular weight excluding hydrogens is 416 g/mol. The highest BCUT2D eigenvalue weighted by Gasteiger charge is 2.30. The third-order valence-corrected chi connectivity index (χ3v) is 5.33. The number of hydrogen-bond donors (Lipinski definition) is 2. The smallest absolute Gasteiger partial charge is 0.258 e. The molecule has 7 nitrogen and oxygen atoms in total. The molecule has 0 spiro atoms. The van der Waals surface area contributed by atoms with Gasteiger partial charge in [0.1, 0.15) is 24.3 Å². The largest absolute Gasteiger partial charge is 0.491 e. The fraction of sp³-hybridized carbons (Fsp3) is 0.350. The van der Waals surface area contributed by atoms with E-state index < -0.39 is 18.0 Å². The maximum absolute atomic E-state index is 13.8. The Labute approximate surface area is 176 Å². The van der Waals surface area contributed by atoms with Gasteiger partial charge in [-0.2, -0.15) is 0 Å². The molecule has 3 heterocycles. The van der Waals surface area contributed by atoms with E-state index in [0.29, 0.717) is 35.1 Å². The zero-order valence-electron chi connectivity index (χ0n) is 15.9. The zero-order chi connectivity index (χ0) is 21.3. The molecule has 1 fully saturated rings. The quantitative estimate of drug-likeness (QED) is 0.747. The number of amides is 1. The third kappa shape index (κ3) is 4.22. The number of hydrogen-bond acceptors (Lipinski definition) is 6. The molecule has 2 aliphatic heterocycles. The fourth-order valence-electron chi connectivity index (χ4n) is 3.52. The molecule has 4 rings (SSSR count). The lowest BCUT2D eigenvalue weighted by Gasteiger charge is -2.20. The summed E-state index contributed by atoms with van der Waals surface area (Å²) in [6.45, 7) is 0.918. The van der Waals surface area contributed by atoms with E-state index in [2.05, 4.69) is 15.3 Å². The van der Waals surface area contributed by atoms with Crippen molar-refractivity contribution in [2.75, 3.05) is 26.2 Å². The highest BCUT2D eigenvalue weighted by molar-refractivity contribution is 6.30. The first-order valence-electron chi connectivity index (χ1n) is 9.47. The van der Waals surface area contributed by atoms with Gasteiger partial charge in [-0.05, 0) is 25.1 Å². The number of nitrogens with two attached hydrogens (primary N) is 1. The number of benzene rings is 1. The van der Waals surface area contributed by atoms with Crippen LogP contribution in [0.4, 0.5) is 8.78 Å². The van der Waals surface area contributed by atoms with Gasteiger partial charge in [0, 0.05) is 29.7 Å². The zero-order valence-corrected chi connectivity index (χ0v) is 16.7. The number of halogens is 3. The molecule has 2 aliphatic rings. The van der Waals surface area contributed by atoms with Crippen molar-refractivity contribution in [3.8, 4) is 5.75 Å². The molecule has 3 N–H and O–H groups in total. The number of ether oxygens (including phenoxy) is 1. The summed E-state index contributed by atoms with van der Waals surface area (Å²) in [6, 6.07) is 3.18. The second kappa shape index (κ2) is 8.53. The number of rotatable bonds is 5. The normalized spacial score (nSPS) is 21.4. The fourth-order valence-corrected chi connectivity index (χ4v) is 3.61. The lowest BCUT2D eigenvalue weighted by molar-refractivity contribution is 0.0793. The van der Waals surface area contributed by atoms with Gasteiger partial charge in [0.25, 0.3) is 5.91 Å². The lowest BCUT2D eigenvalue weighted by Crippen LogP contribution is -2.35. The molecule has 0 radical (unpaired) electrons. The standard InChI is InChI=1S/C20H20ClF2N5O2/c21-11-6-26-19(27-7-11)14-8-28(9-16(14)24)20(29)13-2-1-12(22)5-18(13)30-10-17-15(23)3-4-25-17/h1-2,5-7,15,17,25H,3-4,8-10,24H2. The van der Waals surface area contributed by atoms with Crippen LogP contribution in [-0.4, -0.2) is 59.2 Å². The number of nitrogens with one attached hydrogen (secondary N) is 1. The summed E-state index contributed by atoms with van der Waals surface area (Å²) in [5.74, 6) is -0.472. The Bertz CT molecular complexity index is 986. The van der Waals surface area contributed by atoms with Crippen molar-refractivity contribution < 1.29 is 18.3 Å². The van der Waals surface area contributed by atoms with Crippen LogP contribution in [0.25, 0.3) is 5.57 Å². The summed E-state index contributed by atoms with van der Waals surface area (Å²) in [5, 5.41) is 3.39. The van der Waals surface area contributed by atoms with Crippen molar-refractivity contribution in [2.24, 2.45) is 5.73 Å². The van der Waals surface area contributed by atoms with Crippen LogP contribution in [0.3, 0.4) is 0 Å². The van der Waals surface area contributed by atoms with Gasteiger partial charge in [0.2, 0.25) is 0 Å². The van der Waals surface area contributed by atoms with Gasteiger partial charge in [-0.25, -0.2) is 18.7 Å². The molecule has 1 amide bonds. The Morgan fingerprint density at radius 2 is 2.10 bits per heavy atom. The van der Waals surface area contributed by atoms with Crippen molar-refractivity contribution in [3.05, 3.63) is 58.5 Å². The van der Waals surface area contributed by atoms with Crippen LogP contribution in [0.15, 0.2) is 36.3 Å². The van der Waals surface area contributed by atoms with E-state index in [4.69, 9.17) is 22.1 Å². The summed E-state index contributed by atoms with van der Waals surface area (Å²) in [6.07, 6.45) is 2.27. The summed E-state index contributed by atoms with van der Waals surface area (Å²) in [5.41, 5.74) is 7.37. The Morgan fingerprint density at radius 3 is 2.80 bits per heavy atom. The number of alkyl halides is 1. The van der Waals surface area contributed by atoms with E-state index in [9.17, 15) is 13.6 Å². The van der Waals surface area contributed by atoms with Crippen molar-refractivity contribution in [1.82, 2.24) is 20.2 Å². The van der Waals surface area contributed by atoms with Gasteiger partial charge in [0.05, 0.1) is 29.7 Å². The second-order valence-corrected chi connectivity index (χ2v) is 7.64. The van der Waals surface area contributed by atoms with Gasteiger partial charge >= 0.3 is 0 Å². The maximum atomic E-state index is 13.8. The van der Waals surface area contributed by atoms with Crippen molar-refractivity contribution in [3.63, 3.8) is 0 Å². The molecule has 1 aromatic heterocycles. The van der Waals surface area contributed by atoms with Gasteiger partial charge in [-0.1, -0.05) is 11.6 Å². The van der Waals surface area contributed by atoms with E-state index in [1.54, 1.807) is 0 Å². The van der Waals surface area contributed by atoms with Crippen LogP contribution in [0.2, 0.25) is 5.02 Å². The monoisotopic (exact) mass is 435 g/mol. The molecule has 0 bridgehead atoms. The average Bonchev–Trinajstić information content (AvgIpc) is 3.32. The molecule has 10 heteroatoms. The Kier molecular flexibility index (Phi) is 5.83. The SMILES string of the molecule is NC1=C(c2ncc(Cl)cn2)CN(C(=O)c2ccc(F)cc2OCC2NCCC2F)C1. The molecule has 0 aliphatic carbocycles. The number of carbonyl (C=O) groups is 1. The minimum Gasteiger partial charge on any atom is -0.491 e. The molecule has 2 aromatic rings. The van der Waals surface area contributed by atoms with E-state index in [0.717, 1.165) is 6.07 Å². The first-order valence-corrected chi connectivity index (χ1v) is 9.84. The van der Waals surface area contributed by atoms with Crippen molar-refractivity contribution in [1.29, 1.82) is 0 Å². The first kappa shape index (κ1) is 20.5. The summed E-state index contributed by atoms with van der Waals surface area (Å²) in [7, 11) is 0. The molecule has 0 saturated carbocycles. The van der Waals surface area contributed by atoms with E-state index in [1.807, 2.05) is 0 Å². The van der Waals surface area contributed by atoms with Crippen molar-refractivity contribution >= 4 is 23.1 Å². The highest BCUT2D eigenvalue weighted by Crippen LogP contribution is 2.28. The number of carbonyl (C=O) groups excluding carboxylic acids is 1. The molecule has 30 heavy (non-hydrogen) atoms. The van der Waals surface area contributed by atoms with Crippen LogP contribution in [0, 0.1) is 5.82 Å². The van der Waals surface area contributed by atoms with Gasteiger partial charge in [0.15, 0.2) is 5.82 Å². The van der Waals surface area contributed by atoms with E-state index in [-0.39, 0.29) is 36.9 Å². The summed E-state index contributed by atoms with van der Waals surface area (Å²) >= 11 is 5.82. The average molecular weight is 436 g/mol. The predicted octanol–water partition coefficient (Wildman–Crippen LogP) is 2.17. The summed E-state index contributed by atoms with van der Waals surface area (Å²) in [4.78, 5) is 22.9. The maximum Gasteiger partial charge on any atom is 0.258 e.